The van der Waals surface area contributed by atoms with E-state index in [-0.39, 0.29) is 17.9 Å². The Morgan fingerprint density at radius 1 is 1.26 bits per heavy atom. The number of nitrogens with zero attached hydrogens (tertiary/aromatic N) is 1. The molecule has 2 atom stereocenters. The molecule has 0 aromatic heterocycles. The van der Waals surface area contributed by atoms with Crippen molar-refractivity contribution < 1.29 is 9.59 Å². The lowest BCUT2D eigenvalue weighted by Gasteiger charge is -2.38. The Balaban J connectivity index is 1.59. The monoisotopic (exact) mass is 391 g/mol. The molecule has 0 saturated carbocycles. The fourth-order valence-corrected chi connectivity index (χ4v) is 4.54. The Bertz CT molecular complexity index is 686. The van der Waals surface area contributed by atoms with Crippen LogP contribution in [0.15, 0.2) is 24.3 Å². The van der Waals surface area contributed by atoms with Crippen molar-refractivity contribution in [2.45, 2.75) is 51.0 Å². The molecule has 1 aromatic rings. The first kappa shape index (κ1) is 20.2. The van der Waals surface area contributed by atoms with Crippen molar-refractivity contribution in [1.82, 2.24) is 15.5 Å². The van der Waals surface area contributed by atoms with Gasteiger partial charge >= 0.3 is 0 Å². The zero-order valence-electron chi connectivity index (χ0n) is 16.3. The van der Waals surface area contributed by atoms with E-state index >= 15 is 0 Å². The Labute approximate surface area is 166 Å². The third kappa shape index (κ3) is 4.64. The molecule has 2 amide bonds. The highest BCUT2D eigenvalue weighted by molar-refractivity contribution is 6.31. The van der Waals surface area contributed by atoms with Crippen molar-refractivity contribution in [3.8, 4) is 0 Å². The van der Waals surface area contributed by atoms with Gasteiger partial charge < -0.3 is 15.5 Å². The summed E-state index contributed by atoms with van der Waals surface area (Å²) in [7, 11) is 0. The van der Waals surface area contributed by atoms with Crippen molar-refractivity contribution in [3.05, 3.63) is 34.9 Å². The minimum atomic E-state index is -0.669. The van der Waals surface area contributed by atoms with Crippen LogP contribution in [-0.2, 0) is 15.0 Å². The minimum Gasteiger partial charge on any atom is -0.354 e. The van der Waals surface area contributed by atoms with E-state index in [1.807, 2.05) is 43.0 Å². The first-order chi connectivity index (χ1) is 12.9. The summed E-state index contributed by atoms with van der Waals surface area (Å²) in [5.41, 5.74) is 0.191. The number of halogens is 1. The van der Waals surface area contributed by atoms with Gasteiger partial charge in [-0.15, -0.1) is 0 Å². The zero-order valence-corrected chi connectivity index (χ0v) is 17.0. The molecule has 0 radical (unpaired) electrons. The van der Waals surface area contributed by atoms with Crippen LogP contribution in [0.5, 0.6) is 0 Å². The molecule has 6 heteroatoms. The van der Waals surface area contributed by atoms with Crippen molar-refractivity contribution in [2.24, 2.45) is 5.92 Å². The molecule has 3 rings (SSSR count). The van der Waals surface area contributed by atoms with E-state index in [0.717, 1.165) is 44.3 Å². The average Bonchev–Trinajstić information content (AvgIpc) is 3.21. The summed E-state index contributed by atoms with van der Waals surface area (Å²) in [6.07, 6.45) is 3.97. The number of hydrogen-bond donors (Lipinski definition) is 2. The molecule has 0 aliphatic carbocycles. The number of piperidine rings is 1. The van der Waals surface area contributed by atoms with E-state index in [1.54, 1.807) is 0 Å². The molecule has 5 nitrogen and oxygen atoms in total. The van der Waals surface area contributed by atoms with Crippen LogP contribution in [0.2, 0.25) is 5.02 Å². The maximum atomic E-state index is 13.2. The van der Waals surface area contributed by atoms with E-state index in [0.29, 0.717) is 24.0 Å². The molecule has 0 bridgehead atoms. The molecular weight excluding hydrogens is 362 g/mol. The number of carbonyl (C=O) groups is 2. The van der Waals surface area contributed by atoms with Gasteiger partial charge in [-0.1, -0.05) is 29.8 Å². The van der Waals surface area contributed by atoms with Gasteiger partial charge in [0.25, 0.3) is 0 Å². The first-order valence-electron chi connectivity index (χ1n) is 9.95. The van der Waals surface area contributed by atoms with Crippen LogP contribution in [0.1, 0.15) is 45.1 Å². The maximum absolute atomic E-state index is 13.2. The number of carbonyl (C=O) groups excluding carboxylic acids is 2. The van der Waals surface area contributed by atoms with Crippen molar-refractivity contribution in [3.63, 3.8) is 0 Å². The molecule has 2 fully saturated rings. The van der Waals surface area contributed by atoms with Crippen LogP contribution in [0.3, 0.4) is 0 Å². The third-order valence-corrected chi connectivity index (χ3v) is 6.16. The van der Waals surface area contributed by atoms with Crippen LogP contribution in [-0.4, -0.2) is 48.9 Å². The highest BCUT2D eigenvalue weighted by atomic mass is 35.5. The second-order valence-corrected chi connectivity index (χ2v) is 8.67. The molecule has 148 valence electrons. The fourth-order valence-electron chi connectivity index (χ4n) is 4.17. The van der Waals surface area contributed by atoms with Crippen LogP contribution >= 0.6 is 11.6 Å². The SMILES string of the molecule is CC(C)(C(=O)N1CCCC(CNC(=O)C2CCCN2)C1)c1ccccc1Cl. The van der Waals surface area contributed by atoms with Gasteiger partial charge in [-0.3, -0.25) is 9.59 Å². The average molecular weight is 392 g/mol. The summed E-state index contributed by atoms with van der Waals surface area (Å²) < 4.78 is 0. The highest BCUT2D eigenvalue weighted by Crippen LogP contribution is 2.32. The molecule has 1 aromatic carbocycles. The summed E-state index contributed by atoms with van der Waals surface area (Å²) >= 11 is 6.34. The number of benzene rings is 1. The van der Waals surface area contributed by atoms with Gasteiger partial charge in [0.15, 0.2) is 0 Å². The lowest BCUT2D eigenvalue weighted by atomic mass is 9.82. The molecule has 2 saturated heterocycles. The van der Waals surface area contributed by atoms with E-state index in [1.165, 1.54) is 0 Å². The number of hydrogen-bond acceptors (Lipinski definition) is 3. The number of rotatable bonds is 5. The maximum Gasteiger partial charge on any atom is 0.237 e. The fraction of sp³-hybridized carbons (Fsp3) is 0.619. The van der Waals surface area contributed by atoms with Gasteiger partial charge in [0.2, 0.25) is 11.8 Å². The Morgan fingerprint density at radius 2 is 2.04 bits per heavy atom. The largest absolute Gasteiger partial charge is 0.354 e. The summed E-state index contributed by atoms with van der Waals surface area (Å²) in [6, 6.07) is 7.51. The van der Waals surface area contributed by atoms with Crippen LogP contribution in [0.4, 0.5) is 0 Å². The van der Waals surface area contributed by atoms with E-state index in [9.17, 15) is 9.59 Å². The Hall–Kier alpha value is -1.59. The summed E-state index contributed by atoms with van der Waals surface area (Å²) in [5, 5.41) is 6.92. The second-order valence-electron chi connectivity index (χ2n) is 8.26. The second kappa shape index (κ2) is 8.61. The van der Waals surface area contributed by atoms with Gasteiger partial charge in [0.05, 0.1) is 11.5 Å². The Kier molecular flexibility index (Phi) is 6.43. The minimum absolute atomic E-state index is 0.0505. The van der Waals surface area contributed by atoms with Gasteiger partial charge in [-0.25, -0.2) is 0 Å². The van der Waals surface area contributed by atoms with Gasteiger partial charge in [-0.05, 0) is 63.6 Å². The van der Waals surface area contributed by atoms with E-state index < -0.39 is 5.41 Å². The van der Waals surface area contributed by atoms with Gasteiger partial charge in [-0.2, -0.15) is 0 Å². The summed E-state index contributed by atoms with van der Waals surface area (Å²) in [6.45, 7) is 6.88. The van der Waals surface area contributed by atoms with Gasteiger partial charge in [0.1, 0.15) is 0 Å². The highest BCUT2D eigenvalue weighted by Gasteiger charge is 2.37. The summed E-state index contributed by atoms with van der Waals surface area (Å²) in [4.78, 5) is 27.4. The topological polar surface area (TPSA) is 61.4 Å². The molecule has 27 heavy (non-hydrogen) atoms. The predicted molar refractivity (Wildman–Crippen MR) is 108 cm³/mol. The van der Waals surface area contributed by atoms with Gasteiger partial charge in [0, 0.05) is 24.7 Å². The Morgan fingerprint density at radius 3 is 2.74 bits per heavy atom. The summed E-state index contributed by atoms with van der Waals surface area (Å²) in [5.74, 6) is 0.492. The molecule has 2 aliphatic rings. The molecular formula is C21H30ClN3O2. The molecule has 2 N–H and O–H groups in total. The molecule has 2 heterocycles. The van der Waals surface area contributed by atoms with Crippen molar-refractivity contribution >= 4 is 23.4 Å². The van der Waals surface area contributed by atoms with Crippen molar-refractivity contribution in [1.29, 1.82) is 0 Å². The van der Waals surface area contributed by atoms with E-state index in [4.69, 9.17) is 11.6 Å². The molecule has 0 spiro atoms. The number of amides is 2. The number of nitrogens with one attached hydrogen (secondary N) is 2. The first-order valence-corrected chi connectivity index (χ1v) is 10.3. The zero-order chi connectivity index (χ0) is 19.4. The number of likely N-dealkylation sites (tertiary alicyclic amines) is 1. The van der Waals surface area contributed by atoms with E-state index in [2.05, 4.69) is 10.6 Å². The lowest BCUT2D eigenvalue weighted by molar-refractivity contribution is -0.138. The smallest absolute Gasteiger partial charge is 0.237 e. The quantitative estimate of drug-likeness (QED) is 0.811. The normalized spacial score (nSPS) is 23.3. The lowest BCUT2D eigenvalue weighted by Crippen LogP contribution is -2.50. The van der Waals surface area contributed by atoms with Crippen LogP contribution in [0.25, 0.3) is 0 Å². The van der Waals surface area contributed by atoms with Crippen molar-refractivity contribution in [2.75, 3.05) is 26.2 Å². The molecule has 2 aliphatic heterocycles. The van der Waals surface area contributed by atoms with Crippen LogP contribution in [0, 0.1) is 5.92 Å². The molecule has 2 unspecified atom stereocenters. The predicted octanol–water partition coefficient (Wildman–Crippen LogP) is 2.72. The standard InChI is InChI=1S/C21H30ClN3O2/c1-21(2,16-8-3-4-9-17(16)22)20(27)25-12-6-7-15(14-25)13-24-19(26)18-10-5-11-23-18/h3-4,8-9,15,18,23H,5-7,10-14H2,1-2H3,(H,24,26). The van der Waals surface area contributed by atoms with Crippen LogP contribution < -0.4 is 10.6 Å². The third-order valence-electron chi connectivity index (χ3n) is 5.83.